The van der Waals surface area contributed by atoms with Gasteiger partial charge in [0, 0.05) is 23.6 Å². The van der Waals surface area contributed by atoms with Crippen molar-refractivity contribution >= 4 is 28.8 Å². The summed E-state index contributed by atoms with van der Waals surface area (Å²) in [5.41, 5.74) is 4.26. The van der Waals surface area contributed by atoms with E-state index in [4.69, 9.17) is 0 Å². The highest BCUT2D eigenvalue weighted by molar-refractivity contribution is 5.97. The Hall–Kier alpha value is -2.74. The second-order valence-electron chi connectivity index (χ2n) is 6.37. The van der Waals surface area contributed by atoms with Gasteiger partial charge in [0.1, 0.15) is 7.05 Å². The third-order valence-corrected chi connectivity index (χ3v) is 4.25. The number of aryl methyl sites for hydroxylation is 1. The minimum absolute atomic E-state index is 0.0304. The maximum Gasteiger partial charge on any atom is 0.212 e. The van der Waals surface area contributed by atoms with Crippen molar-refractivity contribution < 1.29 is 9.36 Å². The summed E-state index contributed by atoms with van der Waals surface area (Å²) in [6.45, 7) is 3.85. The Bertz CT molecular complexity index is 905. The molecule has 3 rings (SSSR count). The van der Waals surface area contributed by atoms with Gasteiger partial charge in [-0.3, -0.25) is 4.79 Å². The summed E-state index contributed by atoms with van der Waals surface area (Å²) in [6.07, 6.45) is 6.29. The first-order valence-corrected chi connectivity index (χ1v) is 8.26. The van der Waals surface area contributed by atoms with Crippen LogP contribution in [0.5, 0.6) is 0 Å². The van der Waals surface area contributed by atoms with Crippen molar-refractivity contribution in [2.24, 2.45) is 13.0 Å². The number of carbonyl (C=O) groups excluding carboxylic acids is 1. The van der Waals surface area contributed by atoms with Gasteiger partial charge in [0.2, 0.25) is 5.52 Å². The lowest BCUT2D eigenvalue weighted by Crippen LogP contribution is -2.28. The number of pyridine rings is 1. The van der Waals surface area contributed by atoms with Gasteiger partial charge < -0.3 is 0 Å². The molecule has 0 N–H and O–H groups in total. The van der Waals surface area contributed by atoms with Crippen LogP contribution in [0.15, 0.2) is 60.8 Å². The fraction of sp³-hybridized carbons (Fsp3) is 0.182. The van der Waals surface area contributed by atoms with E-state index in [1.165, 1.54) is 16.5 Å². The van der Waals surface area contributed by atoms with Crippen LogP contribution >= 0.6 is 0 Å². The largest absolute Gasteiger partial charge is 0.294 e. The molecule has 2 heteroatoms. The van der Waals surface area contributed by atoms with Crippen molar-refractivity contribution in [3.63, 3.8) is 0 Å². The summed E-state index contributed by atoms with van der Waals surface area (Å²) < 4.78 is 2.12. The van der Waals surface area contributed by atoms with E-state index < -0.39 is 0 Å². The average molecular weight is 316 g/mol. The molecule has 0 atom stereocenters. The molecule has 0 fully saturated rings. The first kappa shape index (κ1) is 16.1. The third kappa shape index (κ3) is 3.28. The number of Topliss-reactive ketones (excluding diaryl/α,β-unsaturated/α-hetero) is 1. The second-order valence-corrected chi connectivity index (χ2v) is 6.37. The summed E-state index contributed by atoms with van der Waals surface area (Å²) in [5.74, 6) is 0.217. The van der Waals surface area contributed by atoms with Gasteiger partial charge in [-0.2, -0.15) is 0 Å². The quantitative estimate of drug-likeness (QED) is 0.506. The molecule has 120 valence electrons. The molecule has 0 aliphatic carbocycles. The molecule has 0 saturated carbocycles. The van der Waals surface area contributed by atoms with Gasteiger partial charge in [-0.15, -0.1) is 0 Å². The zero-order chi connectivity index (χ0) is 17.1. The van der Waals surface area contributed by atoms with E-state index in [0.29, 0.717) is 0 Å². The topological polar surface area (TPSA) is 20.9 Å². The van der Waals surface area contributed by atoms with Crippen molar-refractivity contribution in [2.75, 3.05) is 0 Å². The predicted octanol–water partition coefficient (Wildman–Crippen LogP) is 4.67. The Morgan fingerprint density at radius 3 is 2.38 bits per heavy atom. The highest BCUT2D eigenvalue weighted by Gasteiger charge is 2.09. The molecular weight excluding hydrogens is 294 g/mol. The molecule has 0 bridgehead atoms. The Balaban J connectivity index is 1.89. The zero-order valence-corrected chi connectivity index (χ0v) is 14.4. The van der Waals surface area contributed by atoms with E-state index in [2.05, 4.69) is 60.3 Å². The highest BCUT2D eigenvalue weighted by atomic mass is 16.1. The van der Waals surface area contributed by atoms with Crippen molar-refractivity contribution in [3.05, 3.63) is 77.5 Å². The van der Waals surface area contributed by atoms with Gasteiger partial charge in [-0.05, 0) is 17.2 Å². The van der Waals surface area contributed by atoms with Crippen molar-refractivity contribution in [2.45, 2.75) is 13.8 Å². The van der Waals surface area contributed by atoms with Crippen LogP contribution in [0.3, 0.4) is 0 Å². The van der Waals surface area contributed by atoms with E-state index in [0.717, 1.165) is 11.1 Å². The number of fused-ring (bicyclic) bond motifs is 1. The predicted molar refractivity (Wildman–Crippen MR) is 99.7 cm³/mol. The first-order valence-electron chi connectivity index (χ1n) is 8.26. The average Bonchev–Trinajstić information content (AvgIpc) is 2.61. The maximum atomic E-state index is 12.0. The minimum atomic E-state index is 0.0304. The molecule has 0 amide bonds. The Morgan fingerprint density at radius 2 is 1.67 bits per heavy atom. The Morgan fingerprint density at radius 1 is 0.958 bits per heavy atom. The lowest BCUT2D eigenvalue weighted by Gasteiger charge is -2.04. The fourth-order valence-electron chi connectivity index (χ4n) is 2.81. The van der Waals surface area contributed by atoms with Crippen LogP contribution < -0.4 is 4.57 Å². The number of ketones is 1. The number of rotatable bonds is 4. The summed E-state index contributed by atoms with van der Waals surface area (Å²) in [7, 11) is 2.06. The minimum Gasteiger partial charge on any atom is -0.294 e. The zero-order valence-electron chi connectivity index (χ0n) is 14.4. The van der Waals surface area contributed by atoms with E-state index in [9.17, 15) is 4.79 Å². The second kappa shape index (κ2) is 6.79. The number of para-hydroxylation sites is 1. The molecule has 2 aromatic carbocycles. The monoisotopic (exact) mass is 316 g/mol. The molecule has 0 spiro atoms. The SMILES string of the molecule is CC(C)C(=O)c1ccc(C=Cc2cc[n+](C)c3ccccc23)cc1. The smallest absolute Gasteiger partial charge is 0.212 e. The number of hydrogen-bond acceptors (Lipinski definition) is 1. The summed E-state index contributed by atoms with van der Waals surface area (Å²) in [5, 5.41) is 1.23. The molecular formula is C22H22NO+. The summed E-state index contributed by atoms with van der Waals surface area (Å²) >= 11 is 0. The molecule has 1 heterocycles. The third-order valence-electron chi connectivity index (χ3n) is 4.25. The normalized spacial score (nSPS) is 11.5. The van der Waals surface area contributed by atoms with Crippen LogP contribution in [-0.4, -0.2) is 5.78 Å². The van der Waals surface area contributed by atoms with Gasteiger partial charge in [0.05, 0.1) is 5.39 Å². The molecule has 0 unspecified atom stereocenters. The number of benzene rings is 2. The van der Waals surface area contributed by atoms with Crippen LogP contribution in [0.4, 0.5) is 0 Å². The Kier molecular flexibility index (Phi) is 4.57. The molecule has 0 radical (unpaired) electrons. The van der Waals surface area contributed by atoms with E-state index in [1.54, 1.807) is 0 Å². The van der Waals surface area contributed by atoms with Crippen LogP contribution in [0.25, 0.3) is 23.1 Å². The Labute approximate surface area is 143 Å². The lowest BCUT2D eigenvalue weighted by atomic mass is 10.00. The number of carbonyl (C=O) groups is 1. The molecule has 0 aliphatic rings. The number of nitrogens with zero attached hydrogens (tertiary/aromatic N) is 1. The maximum absolute atomic E-state index is 12.0. The summed E-state index contributed by atoms with van der Waals surface area (Å²) in [6, 6.07) is 18.3. The van der Waals surface area contributed by atoms with Gasteiger partial charge in [0.15, 0.2) is 12.0 Å². The van der Waals surface area contributed by atoms with Crippen molar-refractivity contribution in [3.8, 4) is 0 Å². The number of hydrogen-bond donors (Lipinski definition) is 0. The van der Waals surface area contributed by atoms with Crippen LogP contribution in [0, 0.1) is 5.92 Å². The number of aromatic nitrogens is 1. The standard InChI is InChI=1S/C22H22NO/c1-16(2)22(24)19-12-9-17(10-13-19)8-11-18-14-15-23(3)21-7-5-4-6-20(18)21/h4-16H,1-3H3/q+1. The van der Waals surface area contributed by atoms with E-state index in [1.807, 2.05) is 38.1 Å². The van der Waals surface area contributed by atoms with E-state index >= 15 is 0 Å². The molecule has 1 aromatic heterocycles. The van der Waals surface area contributed by atoms with Gasteiger partial charge in [-0.1, -0.05) is 62.4 Å². The van der Waals surface area contributed by atoms with Crippen LogP contribution in [-0.2, 0) is 7.05 Å². The lowest BCUT2D eigenvalue weighted by molar-refractivity contribution is -0.644. The molecule has 0 saturated heterocycles. The molecule has 2 nitrogen and oxygen atoms in total. The molecule has 0 aliphatic heterocycles. The van der Waals surface area contributed by atoms with Crippen LogP contribution in [0.2, 0.25) is 0 Å². The molecule has 3 aromatic rings. The van der Waals surface area contributed by atoms with Crippen molar-refractivity contribution in [1.82, 2.24) is 0 Å². The van der Waals surface area contributed by atoms with Crippen molar-refractivity contribution in [1.29, 1.82) is 0 Å². The van der Waals surface area contributed by atoms with Gasteiger partial charge in [-0.25, -0.2) is 4.57 Å². The van der Waals surface area contributed by atoms with Gasteiger partial charge >= 0.3 is 0 Å². The first-order chi connectivity index (χ1) is 11.6. The van der Waals surface area contributed by atoms with Gasteiger partial charge in [0.25, 0.3) is 0 Å². The highest BCUT2D eigenvalue weighted by Crippen LogP contribution is 2.18. The summed E-state index contributed by atoms with van der Waals surface area (Å²) in [4.78, 5) is 12.0. The van der Waals surface area contributed by atoms with E-state index in [-0.39, 0.29) is 11.7 Å². The van der Waals surface area contributed by atoms with Crippen LogP contribution in [0.1, 0.15) is 35.3 Å². The molecule has 24 heavy (non-hydrogen) atoms. The fourth-order valence-corrected chi connectivity index (χ4v) is 2.81.